The molecular weight excluding hydrogens is 230 g/mol. The van der Waals surface area contributed by atoms with E-state index in [0.717, 1.165) is 38.8 Å². The number of rotatable bonds is 2. The second-order valence-electron chi connectivity index (χ2n) is 6.36. The van der Waals surface area contributed by atoms with Crippen LogP contribution in [0.5, 0.6) is 0 Å². The lowest BCUT2D eigenvalue weighted by molar-refractivity contribution is -0.168. The highest BCUT2D eigenvalue weighted by atomic mass is 16.6. The molecule has 104 valence electrons. The van der Waals surface area contributed by atoms with Gasteiger partial charge in [-0.15, -0.1) is 0 Å². The van der Waals surface area contributed by atoms with Crippen LogP contribution >= 0.6 is 0 Å². The molecule has 2 fully saturated rings. The zero-order chi connectivity index (χ0) is 13.2. The highest BCUT2D eigenvalue weighted by Gasteiger charge is 2.37. The van der Waals surface area contributed by atoms with Gasteiger partial charge in [-0.05, 0) is 65.5 Å². The van der Waals surface area contributed by atoms with Gasteiger partial charge < -0.3 is 14.8 Å². The highest BCUT2D eigenvalue weighted by molar-refractivity contribution is 5.75. The minimum Gasteiger partial charge on any atom is -0.458 e. The Kier molecular flexibility index (Phi) is 4.28. The molecule has 0 aromatic carbocycles. The molecule has 2 aliphatic rings. The first-order valence-electron chi connectivity index (χ1n) is 7.05. The molecule has 2 saturated heterocycles. The normalized spacial score (nSPS) is 30.4. The Morgan fingerprint density at radius 1 is 1.17 bits per heavy atom. The van der Waals surface area contributed by atoms with E-state index in [1.165, 1.54) is 0 Å². The molecule has 4 nitrogen and oxygen atoms in total. The Morgan fingerprint density at radius 3 is 2.44 bits per heavy atom. The van der Waals surface area contributed by atoms with Crippen molar-refractivity contribution >= 4 is 5.97 Å². The zero-order valence-electron chi connectivity index (χ0n) is 11.7. The fourth-order valence-corrected chi connectivity index (χ4v) is 2.77. The van der Waals surface area contributed by atoms with E-state index in [9.17, 15) is 4.79 Å². The van der Waals surface area contributed by atoms with Gasteiger partial charge >= 0.3 is 5.97 Å². The van der Waals surface area contributed by atoms with Crippen molar-refractivity contribution in [2.75, 3.05) is 13.1 Å². The van der Waals surface area contributed by atoms with E-state index in [0.29, 0.717) is 5.92 Å². The summed E-state index contributed by atoms with van der Waals surface area (Å²) in [6.07, 6.45) is 4.03. The largest absolute Gasteiger partial charge is 0.458 e. The van der Waals surface area contributed by atoms with Gasteiger partial charge in [0.25, 0.3) is 0 Å². The first-order valence-corrected chi connectivity index (χ1v) is 7.05. The molecule has 18 heavy (non-hydrogen) atoms. The van der Waals surface area contributed by atoms with Crippen molar-refractivity contribution in [3.05, 3.63) is 0 Å². The van der Waals surface area contributed by atoms with Crippen molar-refractivity contribution < 1.29 is 14.3 Å². The maximum atomic E-state index is 11.9. The number of carbonyl (C=O) groups is 1. The number of hydrogen-bond donors (Lipinski definition) is 1. The van der Waals surface area contributed by atoms with Crippen molar-refractivity contribution in [3.63, 3.8) is 0 Å². The molecule has 2 rings (SSSR count). The zero-order valence-corrected chi connectivity index (χ0v) is 11.7. The van der Waals surface area contributed by atoms with Gasteiger partial charge in [0.15, 0.2) is 6.10 Å². The van der Waals surface area contributed by atoms with Crippen LogP contribution in [-0.4, -0.2) is 36.9 Å². The average molecular weight is 255 g/mol. The maximum Gasteiger partial charge on any atom is 0.335 e. The van der Waals surface area contributed by atoms with Crippen LogP contribution in [0.2, 0.25) is 0 Å². The molecule has 4 heteroatoms. The first-order chi connectivity index (χ1) is 8.46. The summed E-state index contributed by atoms with van der Waals surface area (Å²) < 4.78 is 11.3. The summed E-state index contributed by atoms with van der Waals surface area (Å²) in [7, 11) is 0. The number of carbonyl (C=O) groups excluding carboxylic acids is 1. The number of esters is 1. The van der Waals surface area contributed by atoms with Gasteiger partial charge in [0, 0.05) is 0 Å². The van der Waals surface area contributed by atoms with Crippen molar-refractivity contribution in [2.24, 2.45) is 5.92 Å². The standard InChI is InChI=1S/C14H25NO3/c1-14(2,3)18-13(16)12-5-4-11(17-12)10-6-8-15-9-7-10/h10-12,15H,4-9H2,1-3H3. The third-order valence-electron chi connectivity index (χ3n) is 3.63. The van der Waals surface area contributed by atoms with Crippen molar-refractivity contribution in [2.45, 2.75) is 64.3 Å². The van der Waals surface area contributed by atoms with Crippen LogP contribution in [0.3, 0.4) is 0 Å². The molecule has 0 amide bonds. The fraction of sp³-hybridized carbons (Fsp3) is 0.929. The Bertz CT molecular complexity index is 292. The van der Waals surface area contributed by atoms with Gasteiger partial charge in [-0.1, -0.05) is 0 Å². The second-order valence-corrected chi connectivity index (χ2v) is 6.36. The molecule has 2 aliphatic heterocycles. The Hall–Kier alpha value is -0.610. The van der Waals surface area contributed by atoms with Crippen LogP contribution in [0.15, 0.2) is 0 Å². The summed E-state index contributed by atoms with van der Waals surface area (Å²) in [6.45, 7) is 7.82. The topological polar surface area (TPSA) is 47.6 Å². The summed E-state index contributed by atoms with van der Waals surface area (Å²) in [6, 6.07) is 0. The highest BCUT2D eigenvalue weighted by Crippen LogP contribution is 2.31. The molecule has 0 bridgehead atoms. The van der Waals surface area contributed by atoms with Crippen molar-refractivity contribution in [1.29, 1.82) is 0 Å². The molecule has 0 radical (unpaired) electrons. The molecule has 2 unspecified atom stereocenters. The predicted molar refractivity (Wildman–Crippen MR) is 69.3 cm³/mol. The molecule has 0 spiro atoms. The van der Waals surface area contributed by atoms with E-state index < -0.39 is 5.60 Å². The third-order valence-corrected chi connectivity index (χ3v) is 3.63. The summed E-state index contributed by atoms with van der Waals surface area (Å²) in [5.74, 6) is 0.414. The van der Waals surface area contributed by atoms with Crippen LogP contribution < -0.4 is 5.32 Å². The maximum absolute atomic E-state index is 11.9. The molecule has 0 aliphatic carbocycles. The number of piperidine rings is 1. The second kappa shape index (κ2) is 5.57. The van der Waals surface area contributed by atoms with Gasteiger partial charge in [-0.2, -0.15) is 0 Å². The lowest BCUT2D eigenvalue weighted by atomic mass is 9.91. The molecule has 2 atom stereocenters. The van der Waals surface area contributed by atoms with Gasteiger partial charge in [0.2, 0.25) is 0 Å². The molecule has 0 aromatic rings. The monoisotopic (exact) mass is 255 g/mol. The molecule has 0 saturated carbocycles. The van der Waals surface area contributed by atoms with Crippen LogP contribution in [0, 0.1) is 5.92 Å². The lowest BCUT2D eigenvalue weighted by Crippen LogP contribution is -2.36. The average Bonchev–Trinajstić information content (AvgIpc) is 2.77. The van der Waals surface area contributed by atoms with Gasteiger partial charge in [0.1, 0.15) is 5.60 Å². The predicted octanol–water partition coefficient (Wildman–Crippen LogP) is 1.88. The summed E-state index contributed by atoms with van der Waals surface area (Å²) in [5.41, 5.74) is -0.423. The Labute approximate surface area is 109 Å². The van der Waals surface area contributed by atoms with E-state index in [1.807, 2.05) is 20.8 Å². The molecule has 2 heterocycles. The fourth-order valence-electron chi connectivity index (χ4n) is 2.77. The van der Waals surface area contributed by atoms with Crippen LogP contribution in [-0.2, 0) is 14.3 Å². The number of hydrogen-bond acceptors (Lipinski definition) is 4. The molecule has 1 N–H and O–H groups in total. The van der Waals surface area contributed by atoms with Crippen LogP contribution in [0.4, 0.5) is 0 Å². The quantitative estimate of drug-likeness (QED) is 0.765. The van der Waals surface area contributed by atoms with E-state index in [1.54, 1.807) is 0 Å². The Balaban J connectivity index is 1.82. The smallest absolute Gasteiger partial charge is 0.335 e. The third kappa shape index (κ3) is 3.69. The van der Waals surface area contributed by atoms with E-state index in [2.05, 4.69) is 5.32 Å². The van der Waals surface area contributed by atoms with Crippen molar-refractivity contribution in [3.8, 4) is 0 Å². The van der Waals surface area contributed by atoms with Crippen LogP contribution in [0.1, 0.15) is 46.5 Å². The lowest BCUT2D eigenvalue weighted by Gasteiger charge is -2.28. The van der Waals surface area contributed by atoms with Gasteiger partial charge in [0.05, 0.1) is 6.10 Å². The summed E-state index contributed by atoms with van der Waals surface area (Å²) >= 11 is 0. The van der Waals surface area contributed by atoms with Crippen molar-refractivity contribution in [1.82, 2.24) is 5.32 Å². The number of ether oxygens (including phenoxy) is 2. The minimum atomic E-state index is -0.423. The summed E-state index contributed by atoms with van der Waals surface area (Å²) in [4.78, 5) is 11.9. The van der Waals surface area contributed by atoms with Gasteiger partial charge in [-0.3, -0.25) is 0 Å². The SMILES string of the molecule is CC(C)(C)OC(=O)C1CCC(C2CCNCC2)O1. The van der Waals surface area contributed by atoms with E-state index in [-0.39, 0.29) is 18.2 Å². The van der Waals surface area contributed by atoms with E-state index in [4.69, 9.17) is 9.47 Å². The summed E-state index contributed by atoms with van der Waals surface area (Å²) in [5, 5.41) is 3.36. The minimum absolute atomic E-state index is 0.195. The molecular formula is C14H25NO3. The van der Waals surface area contributed by atoms with Gasteiger partial charge in [-0.25, -0.2) is 4.79 Å². The Morgan fingerprint density at radius 2 is 1.83 bits per heavy atom. The number of nitrogens with one attached hydrogen (secondary N) is 1. The van der Waals surface area contributed by atoms with E-state index >= 15 is 0 Å². The molecule has 0 aromatic heterocycles. The first kappa shape index (κ1) is 13.8. The van der Waals surface area contributed by atoms with Crippen LogP contribution in [0.25, 0.3) is 0 Å².